The average molecular weight is 175 g/mol. The number of hydrogen-bond acceptors (Lipinski definition) is 3. The zero-order valence-electron chi connectivity index (χ0n) is 7.82. The fraction of sp³-hybridized carbons (Fsp3) is 0.600. The molecule has 2 aliphatic rings. The molecule has 3 heteroatoms. The minimum atomic E-state index is 0.700. The van der Waals surface area contributed by atoms with Crippen molar-refractivity contribution in [3.05, 3.63) is 18.1 Å². The molecule has 0 N–H and O–H groups in total. The largest absolute Gasteiger partial charge is 0.354 e. The molecule has 0 atom stereocenters. The smallest absolute Gasteiger partial charge is 0.147 e. The van der Waals surface area contributed by atoms with Crippen molar-refractivity contribution in [1.29, 1.82) is 0 Å². The Bertz CT molecular complexity index is 336. The monoisotopic (exact) mass is 175 g/mol. The van der Waals surface area contributed by atoms with Gasteiger partial charge in [0.1, 0.15) is 5.82 Å². The molecule has 0 radical (unpaired) electrons. The number of aryl methyl sites for hydroxylation is 1. The number of aromatic nitrogens is 2. The highest BCUT2D eigenvalue weighted by molar-refractivity contribution is 5.43. The van der Waals surface area contributed by atoms with Crippen LogP contribution < -0.4 is 4.90 Å². The quantitative estimate of drug-likeness (QED) is 0.645. The van der Waals surface area contributed by atoms with Crippen molar-refractivity contribution in [2.24, 2.45) is 5.41 Å². The Labute approximate surface area is 77.8 Å². The van der Waals surface area contributed by atoms with E-state index in [1.54, 1.807) is 6.20 Å². The normalized spacial score (nSPS) is 23.0. The highest BCUT2D eigenvalue weighted by Crippen LogP contribution is 2.53. The predicted molar refractivity (Wildman–Crippen MR) is 50.6 cm³/mol. The second-order valence-electron chi connectivity index (χ2n) is 4.37. The van der Waals surface area contributed by atoms with Gasteiger partial charge in [-0.05, 0) is 19.8 Å². The first kappa shape index (κ1) is 7.30. The molecule has 3 nitrogen and oxygen atoms in total. The lowest BCUT2D eigenvalue weighted by molar-refractivity contribution is 0.384. The van der Waals surface area contributed by atoms with E-state index in [-0.39, 0.29) is 0 Å². The summed E-state index contributed by atoms with van der Waals surface area (Å²) in [5.41, 5.74) is 1.71. The van der Waals surface area contributed by atoms with Crippen LogP contribution in [-0.2, 0) is 0 Å². The maximum atomic E-state index is 4.45. The average Bonchev–Trinajstić information content (AvgIpc) is 2.80. The van der Waals surface area contributed by atoms with E-state index in [1.165, 1.54) is 25.9 Å². The fourth-order valence-electron chi connectivity index (χ4n) is 2.02. The molecule has 68 valence electrons. The van der Waals surface area contributed by atoms with Gasteiger partial charge in [0.05, 0.1) is 11.9 Å². The van der Waals surface area contributed by atoms with Gasteiger partial charge in [-0.1, -0.05) is 0 Å². The van der Waals surface area contributed by atoms with Gasteiger partial charge in [0.2, 0.25) is 0 Å². The summed E-state index contributed by atoms with van der Waals surface area (Å²) in [4.78, 5) is 10.9. The van der Waals surface area contributed by atoms with Crippen molar-refractivity contribution in [3.8, 4) is 0 Å². The minimum Gasteiger partial charge on any atom is -0.354 e. The summed E-state index contributed by atoms with van der Waals surface area (Å²) < 4.78 is 0. The lowest BCUT2D eigenvalue weighted by atomic mass is 9.97. The van der Waals surface area contributed by atoms with Crippen molar-refractivity contribution < 1.29 is 0 Å². The van der Waals surface area contributed by atoms with Crippen LogP contribution in [0.4, 0.5) is 5.82 Å². The van der Waals surface area contributed by atoms with Gasteiger partial charge in [-0.25, -0.2) is 4.98 Å². The third-order valence-corrected chi connectivity index (χ3v) is 3.08. The Hall–Kier alpha value is -1.12. The van der Waals surface area contributed by atoms with Crippen molar-refractivity contribution in [2.75, 3.05) is 18.0 Å². The maximum Gasteiger partial charge on any atom is 0.147 e. The molecule has 2 heterocycles. The zero-order chi connectivity index (χ0) is 8.89. The van der Waals surface area contributed by atoms with Crippen LogP contribution in [0.25, 0.3) is 0 Å². The van der Waals surface area contributed by atoms with Crippen LogP contribution in [0.2, 0.25) is 0 Å². The summed E-state index contributed by atoms with van der Waals surface area (Å²) in [6.45, 7) is 4.39. The third kappa shape index (κ3) is 1.10. The number of nitrogens with zero attached hydrogens (tertiary/aromatic N) is 3. The summed E-state index contributed by atoms with van der Waals surface area (Å²) in [6.07, 6.45) is 6.50. The van der Waals surface area contributed by atoms with Crippen molar-refractivity contribution >= 4 is 5.82 Å². The molecule has 0 bridgehead atoms. The van der Waals surface area contributed by atoms with Crippen LogP contribution in [-0.4, -0.2) is 23.1 Å². The van der Waals surface area contributed by atoms with Crippen LogP contribution >= 0.6 is 0 Å². The Morgan fingerprint density at radius 3 is 2.69 bits per heavy atom. The molecule has 1 aromatic rings. The summed E-state index contributed by atoms with van der Waals surface area (Å²) in [5, 5.41) is 0. The highest BCUT2D eigenvalue weighted by atomic mass is 15.3. The molecule has 1 aliphatic heterocycles. The molecule has 1 saturated heterocycles. The second kappa shape index (κ2) is 2.22. The van der Waals surface area contributed by atoms with Gasteiger partial charge >= 0.3 is 0 Å². The van der Waals surface area contributed by atoms with E-state index in [4.69, 9.17) is 0 Å². The number of hydrogen-bond donors (Lipinski definition) is 0. The number of anilines is 1. The van der Waals surface area contributed by atoms with Gasteiger partial charge in [-0.3, -0.25) is 4.98 Å². The van der Waals surface area contributed by atoms with Crippen LogP contribution in [0.5, 0.6) is 0 Å². The summed E-state index contributed by atoms with van der Waals surface area (Å²) in [5.74, 6) is 1.05. The number of rotatable bonds is 1. The van der Waals surface area contributed by atoms with E-state index in [0.29, 0.717) is 5.41 Å². The van der Waals surface area contributed by atoms with E-state index >= 15 is 0 Å². The molecular formula is C10H13N3. The Balaban J connectivity index is 1.78. The fourth-order valence-corrected chi connectivity index (χ4v) is 2.02. The molecule has 1 aliphatic carbocycles. The Morgan fingerprint density at radius 2 is 2.08 bits per heavy atom. The molecule has 3 rings (SSSR count). The SMILES string of the molecule is Cc1cncc(N2CC3(CC3)C2)n1. The summed E-state index contributed by atoms with van der Waals surface area (Å²) in [7, 11) is 0. The third-order valence-electron chi connectivity index (χ3n) is 3.08. The Morgan fingerprint density at radius 1 is 1.31 bits per heavy atom. The van der Waals surface area contributed by atoms with Gasteiger partial charge in [0.15, 0.2) is 0 Å². The lowest BCUT2D eigenvalue weighted by Crippen LogP contribution is -2.48. The molecule has 1 saturated carbocycles. The molecule has 13 heavy (non-hydrogen) atoms. The Kier molecular flexibility index (Phi) is 1.25. The van der Waals surface area contributed by atoms with Crippen LogP contribution in [0, 0.1) is 12.3 Å². The van der Waals surface area contributed by atoms with Crippen molar-refractivity contribution in [3.63, 3.8) is 0 Å². The topological polar surface area (TPSA) is 29.0 Å². The predicted octanol–water partition coefficient (Wildman–Crippen LogP) is 1.39. The molecular weight excluding hydrogens is 162 g/mol. The lowest BCUT2D eigenvalue weighted by Gasteiger charge is -2.40. The summed E-state index contributed by atoms with van der Waals surface area (Å²) >= 11 is 0. The zero-order valence-corrected chi connectivity index (χ0v) is 7.82. The molecule has 0 unspecified atom stereocenters. The van der Waals surface area contributed by atoms with E-state index in [1.807, 2.05) is 13.1 Å². The van der Waals surface area contributed by atoms with E-state index in [2.05, 4.69) is 14.9 Å². The first-order valence-electron chi connectivity index (χ1n) is 4.81. The summed E-state index contributed by atoms with van der Waals surface area (Å²) in [6, 6.07) is 0. The van der Waals surface area contributed by atoms with Gasteiger partial charge in [-0.15, -0.1) is 0 Å². The van der Waals surface area contributed by atoms with E-state index < -0.39 is 0 Å². The standard InChI is InChI=1S/C10H13N3/c1-8-4-11-5-9(12-8)13-6-10(7-13)2-3-10/h4-5H,2-3,6-7H2,1H3. The molecule has 1 spiro atoms. The molecule has 1 aromatic heterocycles. The maximum absolute atomic E-state index is 4.45. The molecule has 2 fully saturated rings. The van der Waals surface area contributed by atoms with Crippen molar-refractivity contribution in [2.45, 2.75) is 19.8 Å². The van der Waals surface area contributed by atoms with Crippen LogP contribution in [0.3, 0.4) is 0 Å². The van der Waals surface area contributed by atoms with Gasteiger partial charge in [0, 0.05) is 24.7 Å². The van der Waals surface area contributed by atoms with Crippen LogP contribution in [0.15, 0.2) is 12.4 Å². The van der Waals surface area contributed by atoms with Gasteiger partial charge < -0.3 is 4.90 Å². The van der Waals surface area contributed by atoms with Gasteiger partial charge in [-0.2, -0.15) is 0 Å². The second-order valence-corrected chi connectivity index (χ2v) is 4.37. The van der Waals surface area contributed by atoms with Crippen LogP contribution in [0.1, 0.15) is 18.5 Å². The van der Waals surface area contributed by atoms with Gasteiger partial charge in [0.25, 0.3) is 0 Å². The van der Waals surface area contributed by atoms with E-state index in [9.17, 15) is 0 Å². The minimum absolute atomic E-state index is 0.700. The first-order valence-corrected chi connectivity index (χ1v) is 4.81. The van der Waals surface area contributed by atoms with E-state index in [0.717, 1.165) is 11.5 Å². The molecule has 0 amide bonds. The first-order chi connectivity index (χ1) is 6.27. The van der Waals surface area contributed by atoms with Crippen molar-refractivity contribution in [1.82, 2.24) is 9.97 Å². The molecule has 0 aromatic carbocycles. The highest BCUT2D eigenvalue weighted by Gasteiger charge is 2.52.